The summed E-state index contributed by atoms with van der Waals surface area (Å²) in [7, 11) is -7.53. The Morgan fingerprint density at radius 3 is 1.45 bits per heavy atom. The minimum atomic E-state index is -6.53. The van der Waals surface area contributed by atoms with E-state index >= 15 is 0 Å². The Hall–Kier alpha value is -2.99. The molecule has 0 aromatic heterocycles. The third-order valence-corrected chi connectivity index (χ3v) is 6.09. The van der Waals surface area contributed by atoms with Gasteiger partial charge in [-0.3, -0.25) is 4.39 Å². The van der Waals surface area contributed by atoms with Crippen molar-refractivity contribution in [3.05, 3.63) is 100 Å². The van der Waals surface area contributed by atoms with Gasteiger partial charge in [0.25, 0.3) is 0 Å². The molecule has 0 aliphatic heterocycles. The summed E-state index contributed by atoms with van der Waals surface area (Å²) in [6.45, 7) is 0. The van der Waals surface area contributed by atoms with Gasteiger partial charge in [-0.15, -0.1) is 0 Å². The molecule has 0 spiro atoms. The molecule has 3 aromatic carbocycles. The second kappa shape index (κ2) is 15.0. The highest BCUT2D eigenvalue weighted by molar-refractivity contribution is 9.10. The van der Waals surface area contributed by atoms with E-state index in [2.05, 4.69) is 20.1 Å². The molecular formula is C24H17BrF12O4S. The second-order valence-electron chi connectivity index (χ2n) is 7.45. The predicted molar refractivity (Wildman–Crippen MR) is 128 cm³/mol. The van der Waals surface area contributed by atoms with Crippen molar-refractivity contribution in [3.8, 4) is 5.75 Å². The summed E-state index contributed by atoms with van der Waals surface area (Å²) in [6, 6.07) is 13.4. The Kier molecular flexibility index (Phi) is 12.5. The Labute approximate surface area is 240 Å². The largest absolute Gasteiger partial charge is 0.523 e. The third kappa shape index (κ3) is 10.7. The Bertz CT molecular complexity index is 1400. The summed E-state index contributed by atoms with van der Waals surface area (Å²) < 4.78 is 185. The Morgan fingerprint density at radius 1 is 0.714 bits per heavy atom. The molecule has 0 aliphatic carbocycles. The molecular weight excluding hydrogens is 692 g/mol. The van der Waals surface area contributed by atoms with E-state index in [1.165, 1.54) is 24.3 Å². The van der Waals surface area contributed by atoms with Gasteiger partial charge in [-0.05, 0) is 36.4 Å². The van der Waals surface area contributed by atoms with Crippen LogP contribution in [0.15, 0.2) is 77.3 Å². The van der Waals surface area contributed by atoms with E-state index in [9.17, 15) is 61.1 Å². The highest BCUT2D eigenvalue weighted by Crippen LogP contribution is 2.41. The van der Waals surface area contributed by atoms with Crippen molar-refractivity contribution in [2.24, 2.45) is 0 Å². The van der Waals surface area contributed by atoms with Crippen LogP contribution >= 0.6 is 15.9 Å². The van der Waals surface area contributed by atoms with Crippen LogP contribution in [0.4, 0.5) is 52.7 Å². The summed E-state index contributed by atoms with van der Waals surface area (Å²) in [4.78, 5) is 0. The molecule has 0 saturated heterocycles. The summed E-state index contributed by atoms with van der Waals surface area (Å²) in [5.74, 6) is -2.49. The lowest BCUT2D eigenvalue weighted by atomic mass is 10.1. The molecule has 0 bridgehead atoms. The van der Waals surface area contributed by atoms with Crippen molar-refractivity contribution in [3.63, 3.8) is 0 Å². The fourth-order valence-electron chi connectivity index (χ4n) is 2.80. The van der Waals surface area contributed by atoms with Gasteiger partial charge >= 0.3 is 28.0 Å². The van der Waals surface area contributed by atoms with E-state index in [1.54, 1.807) is 12.1 Å². The molecule has 2 atom stereocenters. The van der Waals surface area contributed by atoms with E-state index in [0.29, 0.717) is 16.6 Å². The highest BCUT2D eigenvalue weighted by atomic mass is 79.9. The molecule has 0 N–H and O–H groups in total. The highest BCUT2D eigenvalue weighted by Gasteiger charge is 2.54. The lowest BCUT2D eigenvalue weighted by Crippen LogP contribution is -2.33. The van der Waals surface area contributed by atoms with E-state index < -0.39 is 70.1 Å². The Balaban J connectivity index is 0.000000394. The molecule has 18 heteroatoms. The van der Waals surface area contributed by atoms with Crippen LogP contribution in [0.25, 0.3) is 0 Å². The lowest BCUT2D eigenvalue weighted by molar-refractivity contribution is -0.201. The molecule has 0 heterocycles. The van der Waals surface area contributed by atoms with Crippen LogP contribution in [0, 0.1) is 11.6 Å². The normalized spacial score (nSPS) is 13.9. The molecule has 234 valence electrons. The van der Waals surface area contributed by atoms with Gasteiger partial charge in [0.05, 0.1) is 8.52 Å². The van der Waals surface area contributed by atoms with E-state index in [-0.39, 0.29) is 5.75 Å². The van der Waals surface area contributed by atoms with Crippen molar-refractivity contribution in [2.45, 2.75) is 30.1 Å². The first kappa shape index (κ1) is 35.2. The zero-order valence-corrected chi connectivity index (χ0v) is 22.6. The maximum Gasteiger partial charge on any atom is 0.523 e. The third-order valence-electron chi connectivity index (χ3n) is 4.54. The topological polar surface area (TPSA) is 52.6 Å². The van der Waals surface area contributed by atoms with Gasteiger partial charge in [-0.25, -0.2) is 13.0 Å². The number of benzene rings is 3. The van der Waals surface area contributed by atoms with Crippen LogP contribution in [0.5, 0.6) is 5.75 Å². The monoisotopic (exact) mass is 709 g/mol. The summed E-state index contributed by atoms with van der Waals surface area (Å²) in [6.07, 6.45) is -16.2. The second-order valence-corrected chi connectivity index (χ2v) is 9.93. The summed E-state index contributed by atoms with van der Waals surface area (Å²) in [5.41, 5.74) is -7.96. The molecule has 3 rings (SSSR count). The average molecular weight is 710 g/mol. The summed E-state index contributed by atoms with van der Waals surface area (Å²) >= 11 is 3.17. The van der Waals surface area contributed by atoms with Gasteiger partial charge in [0.15, 0.2) is 0 Å². The zero-order valence-electron chi connectivity index (χ0n) is 21.2. The van der Waals surface area contributed by atoms with Gasteiger partial charge in [-0.2, -0.15) is 47.9 Å². The first-order valence-electron chi connectivity index (χ1n) is 11.3. The molecule has 2 unspecified atom stereocenters. The SMILES string of the molecule is Fc1ccccc1C(Oc1ccc(Br)cc1)C(F)(F)F.O=S(=O)(OC(c1ccccc1F)C(F)(F)F)C(F)(F)F.[2H]CF. The number of rotatable bonds is 6. The number of alkyl halides is 10. The van der Waals surface area contributed by atoms with Crippen LogP contribution in [0.1, 0.15) is 24.7 Å². The standard InChI is InChI=1S/C14H9BrF4O.C9H5F7O3S.CH3F/c15-9-5-7-10(8-6-9)20-13(14(17,18)19)11-3-1-2-4-12(11)16;10-6-4-2-1-3-5(6)7(8(11,12)13)19-20(17,18)9(14,15)16;1-2/h1-8,13H;1-4,7H;1H3/i;;1D. The average Bonchev–Trinajstić information content (AvgIpc) is 2.87. The first-order chi connectivity index (χ1) is 19.7. The maximum absolute atomic E-state index is 13.5. The molecule has 0 amide bonds. The van der Waals surface area contributed by atoms with E-state index in [4.69, 9.17) is 6.11 Å². The molecule has 0 fully saturated rings. The fourth-order valence-corrected chi connectivity index (χ4v) is 3.63. The minimum Gasteiger partial charge on any atom is -0.476 e. The van der Waals surface area contributed by atoms with Crippen molar-refractivity contribution < 1.29 is 71.4 Å². The van der Waals surface area contributed by atoms with Crippen LogP contribution < -0.4 is 4.74 Å². The number of ether oxygens (including phenoxy) is 1. The van der Waals surface area contributed by atoms with Gasteiger partial charge in [0.1, 0.15) is 17.4 Å². The maximum atomic E-state index is 13.5. The first-order valence-corrected chi connectivity index (χ1v) is 12.7. The predicted octanol–water partition coefficient (Wildman–Crippen LogP) is 9.15. The minimum absolute atomic E-state index is 0.0128. The molecule has 0 saturated carbocycles. The van der Waals surface area contributed by atoms with Crippen molar-refractivity contribution in [1.29, 1.82) is 0 Å². The summed E-state index contributed by atoms with van der Waals surface area (Å²) in [5, 5.41) is 0. The lowest BCUT2D eigenvalue weighted by Gasteiger charge is -2.22. The molecule has 3 aromatic rings. The van der Waals surface area contributed by atoms with Gasteiger partial charge in [0, 0.05) is 15.6 Å². The smallest absolute Gasteiger partial charge is 0.476 e. The quantitative estimate of drug-likeness (QED) is 0.146. The fraction of sp³-hybridized carbons (Fsp3) is 0.250. The Morgan fingerprint density at radius 2 is 1.10 bits per heavy atom. The number of hydrogen-bond donors (Lipinski definition) is 0. The van der Waals surface area contributed by atoms with Crippen molar-refractivity contribution >= 4 is 26.0 Å². The van der Waals surface area contributed by atoms with Crippen LogP contribution in [0.2, 0.25) is 0 Å². The number of halogens is 13. The van der Waals surface area contributed by atoms with Crippen molar-refractivity contribution in [2.75, 3.05) is 7.15 Å². The van der Waals surface area contributed by atoms with Crippen molar-refractivity contribution in [1.82, 2.24) is 0 Å². The number of hydrogen-bond acceptors (Lipinski definition) is 4. The van der Waals surface area contributed by atoms with Gasteiger partial charge in [-0.1, -0.05) is 52.3 Å². The van der Waals surface area contributed by atoms with Crippen LogP contribution in [-0.4, -0.2) is 33.4 Å². The van der Waals surface area contributed by atoms with E-state index in [1.807, 2.05) is 0 Å². The molecule has 0 aliphatic rings. The van der Waals surface area contributed by atoms with Gasteiger partial charge < -0.3 is 4.74 Å². The van der Waals surface area contributed by atoms with Gasteiger partial charge in [0.2, 0.25) is 12.2 Å². The van der Waals surface area contributed by atoms with E-state index in [0.717, 1.165) is 24.3 Å². The molecule has 42 heavy (non-hydrogen) atoms. The van der Waals surface area contributed by atoms with Crippen LogP contribution in [0.3, 0.4) is 0 Å². The zero-order chi connectivity index (χ0) is 33.2. The molecule has 4 nitrogen and oxygen atoms in total. The van der Waals surface area contributed by atoms with Crippen LogP contribution in [-0.2, 0) is 14.3 Å². The molecule has 0 radical (unpaired) electrons.